The molecule has 1 atom stereocenters. The molecule has 2 nitrogen and oxygen atoms in total. The van der Waals surface area contributed by atoms with Gasteiger partial charge in [-0.05, 0) is 156 Å². The predicted octanol–water partition coefficient (Wildman–Crippen LogP) is 16.0. The Morgan fingerprint density at radius 3 is 1.84 bits per heavy atom. The summed E-state index contributed by atoms with van der Waals surface area (Å²) in [6, 6.07) is 99.0. The molecule has 2 aliphatic heterocycles. The summed E-state index contributed by atoms with van der Waals surface area (Å²) in [5.41, 5.74) is 23.8. The van der Waals surface area contributed by atoms with Crippen molar-refractivity contribution in [3.63, 3.8) is 0 Å². The largest absolute Gasteiger partial charge is 0.310 e. The van der Waals surface area contributed by atoms with Gasteiger partial charge >= 0.3 is 0 Å². The van der Waals surface area contributed by atoms with Crippen LogP contribution in [0.15, 0.2) is 279 Å². The van der Waals surface area contributed by atoms with E-state index >= 15 is 0 Å². The van der Waals surface area contributed by atoms with Gasteiger partial charge < -0.3 is 9.47 Å². The standard InChI is InChI=1S/C74H52N2Si/c1-49-41-43-51(44-42-49)74(63-33-13-8-27-57(63)58-28-9-14-34-64(58)74)52-22-18-21-50(47-52)56-32-19-35-65-72(56)61-46-45-55(48-67(61)76(65)54-25-6-3-7-26-54)75(53-23-4-2-5-24-53)66-36-20-40-71-73(66)62-31-12-17-39-70(62)77(71)68-37-15-10-29-59(68)60-30-11-16-38-69(60)77/h2-8,10-27,29-48H,9,28H2,1H3. The van der Waals surface area contributed by atoms with Crippen LogP contribution in [0.2, 0.25) is 0 Å². The van der Waals surface area contributed by atoms with Gasteiger partial charge in [-0.25, -0.2) is 0 Å². The molecular formula is C74H52N2Si. The molecule has 77 heavy (non-hydrogen) atoms. The maximum absolute atomic E-state index is 2.69. The molecule has 16 rings (SSSR count). The number of rotatable bonds is 7. The molecule has 0 N–H and O–H groups in total. The van der Waals surface area contributed by atoms with E-state index in [1.54, 1.807) is 0 Å². The number of aryl methyl sites for hydroxylation is 1. The van der Waals surface area contributed by atoms with Gasteiger partial charge in [-0.3, -0.25) is 0 Å². The second kappa shape index (κ2) is 16.9. The summed E-state index contributed by atoms with van der Waals surface area (Å²) in [5.74, 6) is 0. The molecule has 2 aliphatic carbocycles. The highest BCUT2D eigenvalue weighted by molar-refractivity contribution is 7.24. The fourth-order valence-corrected chi connectivity index (χ4v) is 20.3. The maximum Gasteiger partial charge on any atom is 0.182 e. The molecule has 0 amide bonds. The van der Waals surface area contributed by atoms with Gasteiger partial charge in [-0.15, -0.1) is 0 Å². The summed E-state index contributed by atoms with van der Waals surface area (Å²) in [6.07, 6.45) is 6.93. The minimum atomic E-state index is -2.69. The van der Waals surface area contributed by atoms with E-state index in [9.17, 15) is 0 Å². The minimum Gasteiger partial charge on any atom is -0.310 e. The summed E-state index contributed by atoms with van der Waals surface area (Å²) in [7, 11) is -2.69. The van der Waals surface area contributed by atoms with E-state index in [2.05, 4.69) is 289 Å². The number of anilines is 3. The van der Waals surface area contributed by atoms with E-state index in [-0.39, 0.29) is 0 Å². The Morgan fingerprint density at radius 2 is 1.08 bits per heavy atom. The van der Waals surface area contributed by atoms with Gasteiger partial charge in [0.05, 0.1) is 22.1 Å². The van der Waals surface area contributed by atoms with E-state index in [0.29, 0.717) is 0 Å². The lowest BCUT2D eigenvalue weighted by Gasteiger charge is -2.35. The number of aromatic nitrogens is 1. The van der Waals surface area contributed by atoms with E-state index in [1.807, 2.05) is 0 Å². The quantitative estimate of drug-likeness (QED) is 0.144. The van der Waals surface area contributed by atoms with Crippen LogP contribution in [0.5, 0.6) is 0 Å². The highest BCUT2D eigenvalue weighted by atomic mass is 28.3. The van der Waals surface area contributed by atoms with Crippen LogP contribution in [0.25, 0.3) is 66.4 Å². The summed E-state index contributed by atoms with van der Waals surface area (Å²) in [5, 5.41) is 8.36. The summed E-state index contributed by atoms with van der Waals surface area (Å²) < 4.78 is 2.49. The lowest BCUT2D eigenvalue weighted by Crippen LogP contribution is -2.70. The maximum atomic E-state index is 2.53. The van der Waals surface area contributed by atoms with Crippen LogP contribution in [0, 0.1) is 6.92 Å². The molecule has 1 aromatic heterocycles. The number of nitrogens with zero attached hydrogens (tertiary/aromatic N) is 2. The monoisotopic (exact) mass is 996 g/mol. The fraction of sp³-hybridized carbons (Fsp3) is 0.0541. The second-order valence-corrected chi connectivity index (χ2v) is 25.1. The Labute approximate surface area is 450 Å². The Hall–Kier alpha value is -9.28. The lowest BCUT2D eigenvalue weighted by molar-refractivity contribution is 0.756. The van der Waals surface area contributed by atoms with Crippen molar-refractivity contribution in [3.8, 4) is 39.1 Å². The van der Waals surface area contributed by atoms with Crippen molar-refractivity contribution in [2.24, 2.45) is 0 Å². The zero-order valence-electron chi connectivity index (χ0n) is 42.8. The summed E-state index contributed by atoms with van der Waals surface area (Å²) in [4.78, 5) is 2.53. The molecule has 11 aromatic carbocycles. The minimum absolute atomic E-state index is 0.459. The molecule has 0 saturated heterocycles. The first kappa shape index (κ1) is 44.1. The molecule has 4 aliphatic rings. The molecule has 0 radical (unpaired) electrons. The van der Waals surface area contributed by atoms with Crippen molar-refractivity contribution < 1.29 is 0 Å². The summed E-state index contributed by atoms with van der Waals surface area (Å²) in [6.45, 7) is 2.19. The van der Waals surface area contributed by atoms with E-state index < -0.39 is 13.5 Å². The predicted molar refractivity (Wildman–Crippen MR) is 325 cm³/mol. The molecule has 0 bridgehead atoms. The number of hydrogen-bond acceptors (Lipinski definition) is 1. The number of fused-ring (bicyclic) bond motifs is 15. The molecule has 1 unspecified atom stereocenters. The van der Waals surface area contributed by atoms with Gasteiger partial charge in [0.2, 0.25) is 0 Å². The van der Waals surface area contributed by atoms with Crippen molar-refractivity contribution in [2.75, 3.05) is 4.90 Å². The van der Waals surface area contributed by atoms with Gasteiger partial charge in [-0.2, -0.15) is 0 Å². The zero-order chi connectivity index (χ0) is 50.8. The third-order valence-electron chi connectivity index (χ3n) is 17.6. The second-order valence-electron chi connectivity index (χ2n) is 21.4. The van der Waals surface area contributed by atoms with Crippen molar-refractivity contribution in [1.29, 1.82) is 0 Å². The highest BCUT2D eigenvalue weighted by Gasteiger charge is 2.55. The van der Waals surface area contributed by atoms with Gasteiger partial charge in [-0.1, -0.05) is 224 Å². The average Bonchev–Trinajstić information content (AvgIpc) is 4.24. The van der Waals surface area contributed by atoms with Crippen LogP contribution in [-0.2, 0) is 5.41 Å². The molecule has 362 valence electrons. The van der Waals surface area contributed by atoms with Crippen LogP contribution in [0.3, 0.4) is 0 Å². The van der Waals surface area contributed by atoms with Crippen LogP contribution < -0.4 is 25.6 Å². The van der Waals surface area contributed by atoms with Crippen LogP contribution in [0.4, 0.5) is 17.1 Å². The smallest absolute Gasteiger partial charge is 0.182 e. The van der Waals surface area contributed by atoms with E-state index in [0.717, 1.165) is 35.4 Å². The molecule has 1 spiro atoms. The average molecular weight is 997 g/mol. The van der Waals surface area contributed by atoms with Crippen molar-refractivity contribution >= 4 is 73.3 Å². The topological polar surface area (TPSA) is 8.17 Å². The fourth-order valence-electron chi connectivity index (χ4n) is 14.6. The van der Waals surface area contributed by atoms with Crippen LogP contribution >= 0.6 is 0 Å². The van der Waals surface area contributed by atoms with Crippen molar-refractivity contribution in [1.82, 2.24) is 4.57 Å². The first-order chi connectivity index (χ1) is 38.1. The van der Waals surface area contributed by atoms with Crippen molar-refractivity contribution in [3.05, 3.63) is 306 Å². The summed E-state index contributed by atoms with van der Waals surface area (Å²) >= 11 is 0. The van der Waals surface area contributed by atoms with Crippen LogP contribution in [0.1, 0.15) is 40.7 Å². The Balaban J connectivity index is 0.927. The number of hydrogen-bond donors (Lipinski definition) is 0. The van der Waals surface area contributed by atoms with E-state index in [1.165, 1.54) is 115 Å². The van der Waals surface area contributed by atoms with Gasteiger partial charge in [0.25, 0.3) is 0 Å². The Bertz CT molecular complexity index is 4420. The van der Waals surface area contributed by atoms with Crippen LogP contribution in [-0.4, -0.2) is 12.6 Å². The molecule has 12 aromatic rings. The molecule has 0 fully saturated rings. The van der Waals surface area contributed by atoms with Gasteiger partial charge in [0.15, 0.2) is 8.07 Å². The first-order valence-electron chi connectivity index (χ1n) is 27.2. The lowest BCUT2D eigenvalue weighted by atomic mass is 9.66. The molecule has 3 heteroatoms. The SMILES string of the molecule is Cc1ccc(C2(c3cccc(-c4cccc5c4c4ccc(N(c6ccccc6)c6cccc7c6-c6ccccc6[Si]76c7ccccc7-c7ccccc76)cc4n5-c4ccccc4)c3)C3=C(CCC=C3)c3ccccc32)cc1. The molecule has 3 heterocycles. The zero-order valence-corrected chi connectivity index (χ0v) is 43.8. The Kier molecular flexibility index (Phi) is 9.65. The Morgan fingerprint density at radius 1 is 0.455 bits per heavy atom. The highest BCUT2D eigenvalue weighted by Crippen LogP contribution is 2.58. The van der Waals surface area contributed by atoms with E-state index in [4.69, 9.17) is 0 Å². The third kappa shape index (κ3) is 6.06. The first-order valence-corrected chi connectivity index (χ1v) is 29.2. The number of para-hydroxylation sites is 2. The molecule has 0 saturated carbocycles. The van der Waals surface area contributed by atoms with Crippen molar-refractivity contribution in [2.45, 2.75) is 25.2 Å². The third-order valence-corrected chi connectivity index (χ3v) is 22.6. The number of allylic oxidation sites excluding steroid dienone is 4. The number of benzene rings is 11. The van der Waals surface area contributed by atoms with Gasteiger partial charge in [0, 0.05) is 33.4 Å². The normalized spacial score (nSPS) is 16.1. The molecular weight excluding hydrogens is 945 g/mol. The van der Waals surface area contributed by atoms with Gasteiger partial charge in [0.1, 0.15) is 0 Å².